The summed E-state index contributed by atoms with van der Waals surface area (Å²) in [5, 5.41) is 0. The number of methoxy groups -OCH3 is 1. The summed E-state index contributed by atoms with van der Waals surface area (Å²) in [6.07, 6.45) is -1.77. The van der Waals surface area contributed by atoms with Crippen LogP contribution >= 0.6 is 0 Å². The van der Waals surface area contributed by atoms with E-state index in [1.807, 2.05) is 6.07 Å². The number of hydrogen-bond donors (Lipinski definition) is 0. The third-order valence-corrected chi connectivity index (χ3v) is 4.14. The lowest BCUT2D eigenvalue weighted by atomic mass is 10.1. The Bertz CT molecular complexity index is 802. The highest BCUT2D eigenvalue weighted by Crippen LogP contribution is 2.29. The molecule has 1 saturated heterocycles. The van der Waals surface area contributed by atoms with Gasteiger partial charge in [0.05, 0.1) is 11.1 Å². The predicted octanol–water partition coefficient (Wildman–Crippen LogP) is 3.34. The average Bonchev–Trinajstić information content (AvgIpc) is 3.12. The Morgan fingerprint density at radius 2 is 1.52 bits per heavy atom. The lowest BCUT2D eigenvalue weighted by Gasteiger charge is -2.20. The van der Waals surface area contributed by atoms with Crippen molar-refractivity contribution >= 4 is 11.9 Å². The number of hydrogen-bond acceptors (Lipinski definition) is 6. The molecule has 140 valence electrons. The summed E-state index contributed by atoms with van der Waals surface area (Å²) < 4.78 is 21.8. The number of rotatable bonds is 6. The first-order valence-corrected chi connectivity index (χ1v) is 8.49. The van der Waals surface area contributed by atoms with Gasteiger partial charge in [-0.05, 0) is 24.3 Å². The van der Waals surface area contributed by atoms with Gasteiger partial charge in [0.15, 0.2) is 12.4 Å². The Balaban J connectivity index is 1.68. The van der Waals surface area contributed by atoms with E-state index in [0.717, 1.165) is 0 Å². The van der Waals surface area contributed by atoms with Crippen molar-refractivity contribution in [2.24, 2.45) is 0 Å². The lowest BCUT2D eigenvalue weighted by molar-refractivity contribution is -0.116. The van der Waals surface area contributed by atoms with Crippen LogP contribution in [0.15, 0.2) is 73.0 Å². The van der Waals surface area contributed by atoms with Gasteiger partial charge >= 0.3 is 11.9 Å². The summed E-state index contributed by atoms with van der Waals surface area (Å²) in [6, 6.07) is 17.2. The van der Waals surface area contributed by atoms with E-state index < -0.39 is 30.4 Å². The highest BCUT2D eigenvalue weighted by Gasteiger charge is 2.41. The zero-order valence-corrected chi connectivity index (χ0v) is 14.9. The minimum atomic E-state index is -0.810. The molecular weight excluding hydrogens is 348 g/mol. The van der Waals surface area contributed by atoms with Crippen molar-refractivity contribution < 1.29 is 28.5 Å². The molecule has 0 radical (unpaired) electrons. The van der Waals surface area contributed by atoms with Gasteiger partial charge < -0.3 is 18.9 Å². The maximum atomic E-state index is 12.4. The van der Waals surface area contributed by atoms with Crippen molar-refractivity contribution in [2.45, 2.75) is 24.9 Å². The van der Waals surface area contributed by atoms with Gasteiger partial charge in [-0.2, -0.15) is 0 Å². The molecule has 2 aromatic rings. The Morgan fingerprint density at radius 3 is 2.07 bits per heavy atom. The molecule has 0 aromatic heterocycles. The second-order valence-electron chi connectivity index (χ2n) is 5.99. The van der Waals surface area contributed by atoms with Crippen molar-refractivity contribution in [3.05, 3.63) is 84.1 Å². The standard InChI is InChI=1S/C21H20O6/c1-14(25-20(22)15-9-5-3-6-10-15)19-17(13-18(24-2)27-19)26-21(23)16-11-7-4-8-12-16/h3-12,17-19H,1,13H2,2H3/t17-,18?,19+/m1/s1. The molecule has 1 aliphatic rings. The lowest BCUT2D eigenvalue weighted by Crippen LogP contribution is -2.30. The fraction of sp³-hybridized carbons (Fsp3) is 0.238. The molecule has 3 rings (SSSR count). The molecule has 1 heterocycles. The highest BCUT2D eigenvalue weighted by molar-refractivity contribution is 5.90. The van der Waals surface area contributed by atoms with Gasteiger partial charge in [-0.1, -0.05) is 43.0 Å². The Hall–Kier alpha value is -2.96. The third kappa shape index (κ3) is 4.61. The van der Waals surface area contributed by atoms with Crippen LogP contribution in [-0.4, -0.2) is 37.5 Å². The Morgan fingerprint density at radius 1 is 0.963 bits per heavy atom. The van der Waals surface area contributed by atoms with Crippen molar-refractivity contribution in [3.8, 4) is 0 Å². The number of ether oxygens (including phenoxy) is 4. The van der Waals surface area contributed by atoms with E-state index in [1.165, 1.54) is 7.11 Å². The second kappa shape index (κ2) is 8.62. The molecule has 0 aliphatic carbocycles. The Labute approximate surface area is 157 Å². The van der Waals surface area contributed by atoms with E-state index in [-0.39, 0.29) is 5.76 Å². The van der Waals surface area contributed by atoms with Crippen LogP contribution in [0.1, 0.15) is 27.1 Å². The molecule has 1 unspecified atom stereocenters. The van der Waals surface area contributed by atoms with Crippen LogP contribution in [-0.2, 0) is 18.9 Å². The molecular formula is C21H20O6. The van der Waals surface area contributed by atoms with Gasteiger partial charge in [0.25, 0.3) is 0 Å². The largest absolute Gasteiger partial charge is 0.455 e. The molecule has 1 aliphatic heterocycles. The van der Waals surface area contributed by atoms with Gasteiger partial charge in [0.1, 0.15) is 11.9 Å². The number of carbonyl (C=O) groups is 2. The van der Waals surface area contributed by atoms with Gasteiger partial charge in [-0.25, -0.2) is 9.59 Å². The number of carbonyl (C=O) groups excluding carboxylic acids is 2. The van der Waals surface area contributed by atoms with Crippen molar-refractivity contribution in [2.75, 3.05) is 7.11 Å². The monoisotopic (exact) mass is 368 g/mol. The van der Waals surface area contributed by atoms with Gasteiger partial charge in [-0.15, -0.1) is 0 Å². The van der Waals surface area contributed by atoms with E-state index in [2.05, 4.69) is 6.58 Å². The first kappa shape index (κ1) is 18.8. The molecule has 0 bridgehead atoms. The first-order valence-electron chi connectivity index (χ1n) is 8.49. The van der Waals surface area contributed by atoms with Crippen molar-refractivity contribution in [1.82, 2.24) is 0 Å². The zero-order chi connectivity index (χ0) is 19.2. The molecule has 0 amide bonds. The van der Waals surface area contributed by atoms with Crippen LogP contribution in [0.25, 0.3) is 0 Å². The van der Waals surface area contributed by atoms with E-state index in [4.69, 9.17) is 18.9 Å². The van der Waals surface area contributed by atoms with Crippen LogP contribution < -0.4 is 0 Å². The molecule has 3 atom stereocenters. The topological polar surface area (TPSA) is 71.1 Å². The molecule has 6 nitrogen and oxygen atoms in total. The maximum Gasteiger partial charge on any atom is 0.343 e. The molecule has 27 heavy (non-hydrogen) atoms. The molecule has 2 aromatic carbocycles. The second-order valence-corrected chi connectivity index (χ2v) is 5.99. The molecule has 6 heteroatoms. The quantitative estimate of drug-likeness (QED) is 0.575. The third-order valence-electron chi connectivity index (χ3n) is 4.14. The van der Waals surface area contributed by atoms with E-state index in [1.54, 1.807) is 54.6 Å². The number of esters is 2. The minimum Gasteiger partial charge on any atom is -0.455 e. The summed E-state index contributed by atoms with van der Waals surface area (Å²) in [7, 11) is 1.49. The van der Waals surface area contributed by atoms with Crippen LogP contribution in [0.2, 0.25) is 0 Å². The van der Waals surface area contributed by atoms with Crippen LogP contribution in [0.5, 0.6) is 0 Å². The SMILES string of the molecule is C=C(OC(=O)c1ccccc1)[C@@H]1OC(OC)C[C@H]1OC(=O)c1ccccc1. The summed E-state index contributed by atoms with van der Waals surface area (Å²) in [5.74, 6) is -0.986. The summed E-state index contributed by atoms with van der Waals surface area (Å²) in [4.78, 5) is 24.6. The van der Waals surface area contributed by atoms with Gasteiger partial charge in [-0.3, -0.25) is 0 Å². The Kier molecular flexibility index (Phi) is 6.01. The summed E-state index contributed by atoms with van der Waals surface area (Å²) in [5.41, 5.74) is 0.807. The smallest absolute Gasteiger partial charge is 0.343 e. The van der Waals surface area contributed by atoms with Crippen molar-refractivity contribution in [3.63, 3.8) is 0 Å². The molecule has 0 saturated carbocycles. The van der Waals surface area contributed by atoms with Crippen LogP contribution in [0.4, 0.5) is 0 Å². The van der Waals surface area contributed by atoms with Crippen LogP contribution in [0, 0.1) is 0 Å². The maximum absolute atomic E-state index is 12.4. The van der Waals surface area contributed by atoms with Crippen LogP contribution in [0.3, 0.4) is 0 Å². The number of benzene rings is 2. The first-order chi connectivity index (χ1) is 13.1. The molecule has 0 N–H and O–H groups in total. The normalized spacial score (nSPS) is 21.4. The van der Waals surface area contributed by atoms with E-state index >= 15 is 0 Å². The summed E-state index contributed by atoms with van der Waals surface area (Å²) in [6.45, 7) is 3.79. The molecule has 0 spiro atoms. The van der Waals surface area contributed by atoms with Gasteiger partial charge in [0, 0.05) is 13.5 Å². The fourth-order valence-electron chi connectivity index (χ4n) is 2.75. The highest BCUT2D eigenvalue weighted by atomic mass is 16.7. The minimum absolute atomic E-state index is 0.0641. The van der Waals surface area contributed by atoms with E-state index in [9.17, 15) is 9.59 Å². The molecule has 1 fully saturated rings. The van der Waals surface area contributed by atoms with Crippen molar-refractivity contribution in [1.29, 1.82) is 0 Å². The predicted molar refractivity (Wildman–Crippen MR) is 96.9 cm³/mol. The van der Waals surface area contributed by atoms with Gasteiger partial charge in [0.2, 0.25) is 0 Å². The summed E-state index contributed by atoms with van der Waals surface area (Å²) >= 11 is 0. The average molecular weight is 368 g/mol. The fourth-order valence-corrected chi connectivity index (χ4v) is 2.75. The van der Waals surface area contributed by atoms with E-state index in [0.29, 0.717) is 17.5 Å². The zero-order valence-electron chi connectivity index (χ0n) is 14.9.